The van der Waals surface area contributed by atoms with E-state index < -0.39 is 17.2 Å². The average molecular weight is 649 g/mol. The smallest absolute Gasteiger partial charge is 0.261 e. The summed E-state index contributed by atoms with van der Waals surface area (Å²) in [6.07, 6.45) is 6.79. The summed E-state index contributed by atoms with van der Waals surface area (Å²) in [5.74, 6) is 0.382. The van der Waals surface area contributed by atoms with Crippen molar-refractivity contribution in [1.29, 1.82) is 0 Å². The zero-order chi connectivity index (χ0) is 33.8. The molecule has 3 heterocycles. The van der Waals surface area contributed by atoms with Crippen LogP contribution in [0.2, 0.25) is 0 Å². The number of anilines is 2. The van der Waals surface area contributed by atoms with Gasteiger partial charge in [0.05, 0.1) is 14.2 Å². The molecule has 10 heteroatoms. The molecular weight excluding hydrogens is 611 g/mol. The fourth-order valence-electron chi connectivity index (χ4n) is 5.94. The number of nitrogen functional groups attached to an aromatic ring is 1. The predicted octanol–water partition coefficient (Wildman–Crippen LogP) is 6.97. The predicted molar refractivity (Wildman–Crippen MR) is 185 cm³/mol. The molecule has 5 aromatic rings. The van der Waals surface area contributed by atoms with Crippen LogP contribution in [0.25, 0.3) is 33.4 Å². The number of halogens is 1. The summed E-state index contributed by atoms with van der Waals surface area (Å²) in [5.41, 5.74) is 10.2. The van der Waals surface area contributed by atoms with Crippen LogP contribution in [0.1, 0.15) is 28.8 Å². The minimum atomic E-state index is -0.626. The molecule has 1 saturated heterocycles. The number of hydrogen-bond donors (Lipinski definition) is 2. The van der Waals surface area contributed by atoms with Crippen LogP contribution in [-0.2, 0) is 11.3 Å². The van der Waals surface area contributed by atoms with Crippen molar-refractivity contribution in [3.05, 3.63) is 112 Å². The molecule has 2 aromatic heterocycles. The summed E-state index contributed by atoms with van der Waals surface area (Å²) in [4.78, 5) is 31.6. The standard InChI is InChI=1S/C38H37FN4O5/c1-23-4-6-25(7-5-23)31-21-43(20-24-12-14-48-15-13-24)22-32(36(31)44)38(45)42-28-9-10-29(33(39)18-28)30-16-27(19-41-37(30)40)26-8-11-34(46-2)35(17-26)47-3/h4-11,16-19,21-22,24H,12-15,20H2,1-3H3,(H2,40,41)(H,42,45). The van der Waals surface area contributed by atoms with Crippen molar-refractivity contribution in [3.63, 3.8) is 0 Å². The second-order valence-corrected chi connectivity index (χ2v) is 11.9. The number of hydrogen-bond acceptors (Lipinski definition) is 7. The topological polar surface area (TPSA) is 118 Å². The van der Waals surface area contributed by atoms with E-state index >= 15 is 4.39 Å². The van der Waals surface area contributed by atoms with Crippen LogP contribution in [0.4, 0.5) is 15.9 Å². The van der Waals surface area contributed by atoms with Crippen molar-refractivity contribution >= 4 is 17.4 Å². The van der Waals surface area contributed by atoms with Crippen LogP contribution >= 0.6 is 0 Å². The third-order valence-corrected chi connectivity index (χ3v) is 8.65. The number of methoxy groups -OCH3 is 2. The first-order valence-electron chi connectivity index (χ1n) is 15.7. The van der Waals surface area contributed by atoms with Gasteiger partial charge in [0.1, 0.15) is 17.2 Å². The van der Waals surface area contributed by atoms with Gasteiger partial charge in [0, 0.05) is 66.3 Å². The van der Waals surface area contributed by atoms with E-state index in [4.69, 9.17) is 19.9 Å². The maximum absolute atomic E-state index is 15.7. The molecule has 1 amide bonds. The van der Waals surface area contributed by atoms with Crippen LogP contribution in [0, 0.1) is 18.7 Å². The summed E-state index contributed by atoms with van der Waals surface area (Å²) in [6, 6.07) is 19.1. The number of benzene rings is 3. The van der Waals surface area contributed by atoms with Crippen LogP contribution in [0.15, 0.2) is 90.1 Å². The second-order valence-electron chi connectivity index (χ2n) is 11.9. The number of aromatic nitrogens is 2. The lowest BCUT2D eigenvalue weighted by Gasteiger charge is -2.23. The van der Waals surface area contributed by atoms with E-state index in [1.807, 2.05) is 48.0 Å². The quantitative estimate of drug-likeness (QED) is 0.177. The second kappa shape index (κ2) is 14.1. The molecule has 48 heavy (non-hydrogen) atoms. The Labute approximate surface area is 278 Å². The van der Waals surface area contributed by atoms with E-state index in [0.717, 1.165) is 29.5 Å². The number of amides is 1. The van der Waals surface area contributed by atoms with Crippen molar-refractivity contribution in [2.45, 2.75) is 26.3 Å². The Kier molecular flexibility index (Phi) is 9.54. The first-order chi connectivity index (χ1) is 23.2. The van der Waals surface area contributed by atoms with E-state index in [2.05, 4.69) is 10.3 Å². The summed E-state index contributed by atoms with van der Waals surface area (Å²) in [5, 5.41) is 2.73. The highest BCUT2D eigenvalue weighted by Crippen LogP contribution is 2.36. The van der Waals surface area contributed by atoms with E-state index in [0.29, 0.717) is 53.9 Å². The Bertz CT molecular complexity index is 2020. The molecule has 6 rings (SSSR count). The van der Waals surface area contributed by atoms with Gasteiger partial charge >= 0.3 is 0 Å². The fraction of sp³-hybridized carbons (Fsp3) is 0.237. The number of nitrogens with one attached hydrogen (secondary N) is 1. The Morgan fingerprint density at radius 2 is 1.65 bits per heavy atom. The van der Waals surface area contributed by atoms with Gasteiger partial charge in [0.25, 0.3) is 5.91 Å². The van der Waals surface area contributed by atoms with Gasteiger partial charge in [-0.05, 0) is 73.2 Å². The molecule has 0 radical (unpaired) electrons. The molecule has 1 aliphatic heterocycles. The van der Waals surface area contributed by atoms with Crippen LogP contribution in [0.3, 0.4) is 0 Å². The summed E-state index contributed by atoms with van der Waals surface area (Å²) < 4.78 is 33.9. The molecule has 0 aliphatic carbocycles. The Morgan fingerprint density at radius 1 is 0.917 bits per heavy atom. The number of aryl methyl sites for hydroxylation is 1. The maximum atomic E-state index is 15.7. The highest BCUT2D eigenvalue weighted by Gasteiger charge is 2.21. The van der Waals surface area contributed by atoms with Gasteiger partial charge in [-0.25, -0.2) is 9.37 Å². The van der Waals surface area contributed by atoms with Gasteiger partial charge in [-0.1, -0.05) is 35.9 Å². The summed E-state index contributed by atoms with van der Waals surface area (Å²) in [6.45, 7) is 3.99. The third-order valence-electron chi connectivity index (χ3n) is 8.65. The van der Waals surface area contributed by atoms with Gasteiger partial charge in [-0.2, -0.15) is 0 Å². The SMILES string of the molecule is COc1ccc(-c2cnc(N)c(-c3ccc(NC(=O)c4cn(CC5CCOCC5)cc(-c5ccc(C)cc5)c4=O)cc3F)c2)cc1OC. The lowest BCUT2D eigenvalue weighted by Crippen LogP contribution is -2.26. The van der Waals surface area contributed by atoms with E-state index in [1.54, 1.807) is 50.9 Å². The Hall–Kier alpha value is -5.48. The Morgan fingerprint density at radius 3 is 2.35 bits per heavy atom. The molecule has 0 saturated carbocycles. The number of nitrogens with zero attached hydrogens (tertiary/aromatic N) is 2. The zero-order valence-electron chi connectivity index (χ0n) is 27.1. The van der Waals surface area contributed by atoms with Crippen molar-refractivity contribution in [2.24, 2.45) is 5.92 Å². The van der Waals surface area contributed by atoms with Gasteiger partial charge in [0.2, 0.25) is 5.43 Å². The number of carbonyl (C=O) groups excluding carboxylic acids is 1. The number of pyridine rings is 2. The van der Waals surface area contributed by atoms with Crippen LogP contribution in [-0.4, -0.2) is 42.9 Å². The zero-order valence-corrected chi connectivity index (χ0v) is 27.1. The van der Waals surface area contributed by atoms with Gasteiger partial charge in [0.15, 0.2) is 11.5 Å². The largest absolute Gasteiger partial charge is 0.493 e. The first-order valence-corrected chi connectivity index (χ1v) is 15.7. The lowest BCUT2D eigenvalue weighted by molar-refractivity contribution is 0.0612. The summed E-state index contributed by atoms with van der Waals surface area (Å²) in [7, 11) is 3.11. The molecule has 0 unspecified atom stereocenters. The number of carbonyl (C=O) groups is 1. The average Bonchev–Trinajstić information content (AvgIpc) is 3.10. The molecule has 3 aromatic carbocycles. The maximum Gasteiger partial charge on any atom is 0.261 e. The van der Waals surface area contributed by atoms with Crippen molar-refractivity contribution in [3.8, 4) is 44.9 Å². The molecule has 0 spiro atoms. The van der Waals surface area contributed by atoms with Crippen LogP contribution < -0.4 is 26.0 Å². The van der Waals surface area contributed by atoms with Crippen molar-refractivity contribution in [2.75, 3.05) is 38.5 Å². The van der Waals surface area contributed by atoms with Gasteiger partial charge in [-0.3, -0.25) is 9.59 Å². The molecule has 1 aliphatic rings. The molecule has 9 nitrogen and oxygen atoms in total. The minimum Gasteiger partial charge on any atom is -0.493 e. The minimum absolute atomic E-state index is 0.0271. The van der Waals surface area contributed by atoms with Crippen molar-refractivity contribution in [1.82, 2.24) is 9.55 Å². The van der Waals surface area contributed by atoms with E-state index in [1.165, 1.54) is 12.1 Å². The van der Waals surface area contributed by atoms with Gasteiger partial charge < -0.3 is 29.8 Å². The number of ether oxygens (including phenoxy) is 3. The Balaban J connectivity index is 1.29. The molecule has 246 valence electrons. The van der Waals surface area contributed by atoms with E-state index in [9.17, 15) is 9.59 Å². The highest BCUT2D eigenvalue weighted by atomic mass is 19.1. The monoisotopic (exact) mass is 648 g/mol. The molecule has 0 bridgehead atoms. The molecule has 1 fully saturated rings. The highest BCUT2D eigenvalue weighted by molar-refractivity contribution is 6.04. The normalized spacial score (nSPS) is 13.2. The lowest BCUT2D eigenvalue weighted by atomic mass is 9.99. The molecule has 0 atom stereocenters. The van der Waals surface area contributed by atoms with Crippen LogP contribution in [0.5, 0.6) is 11.5 Å². The summed E-state index contributed by atoms with van der Waals surface area (Å²) >= 11 is 0. The third kappa shape index (κ3) is 6.94. The molecular formula is C38H37FN4O5. The van der Waals surface area contributed by atoms with Crippen molar-refractivity contribution < 1.29 is 23.4 Å². The van der Waals surface area contributed by atoms with Gasteiger partial charge in [-0.15, -0.1) is 0 Å². The fourth-order valence-corrected chi connectivity index (χ4v) is 5.94. The molecule has 3 N–H and O–H groups in total. The number of nitrogens with two attached hydrogens (primary N) is 1. The number of rotatable bonds is 9. The first kappa shape index (κ1) is 32.5. The van der Waals surface area contributed by atoms with E-state index in [-0.39, 0.29) is 22.6 Å².